The summed E-state index contributed by atoms with van der Waals surface area (Å²) < 4.78 is 1.75. The molecule has 2 aromatic carbocycles. The van der Waals surface area contributed by atoms with E-state index in [1.807, 2.05) is 12.1 Å². The molecule has 0 atom stereocenters. The molecule has 0 spiro atoms. The zero-order valence-electron chi connectivity index (χ0n) is 15.8. The van der Waals surface area contributed by atoms with Crippen LogP contribution in [0.25, 0.3) is 10.9 Å². The molecule has 0 radical (unpaired) electrons. The topological polar surface area (TPSA) is 78.0 Å². The Hall–Kier alpha value is -2.31. The largest absolute Gasteiger partial charge is 0.366 e. The van der Waals surface area contributed by atoms with Crippen LogP contribution in [0.4, 0.5) is 0 Å². The number of fused-ring (bicyclic) bond motifs is 1. The second kappa shape index (κ2) is 8.80. The molecule has 0 aliphatic rings. The van der Waals surface area contributed by atoms with Gasteiger partial charge in [0.25, 0.3) is 5.56 Å². The average molecular weight is 416 g/mol. The number of carbonyl (C=O) groups is 1. The second-order valence-corrected chi connectivity index (χ2v) is 8.42. The molecule has 5 nitrogen and oxygen atoms in total. The molecule has 0 saturated heterocycles. The van der Waals surface area contributed by atoms with Gasteiger partial charge in [-0.2, -0.15) is 0 Å². The Morgan fingerprint density at radius 2 is 1.93 bits per heavy atom. The van der Waals surface area contributed by atoms with E-state index in [1.165, 1.54) is 11.8 Å². The third-order valence-electron chi connectivity index (χ3n) is 4.42. The molecule has 146 valence electrons. The predicted molar refractivity (Wildman–Crippen MR) is 115 cm³/mol. The molecule has 1 amide bonds. The van der Waals surface area contributed by atoms with E-state index in [2.05, 4.69) is 13.8 Å². The highest BCUT2D eigenvalue weighted by Crippen LogP contribution is 2.24. The van der Waals surface area contributed by atoms with Crippen molar-refractivity contribution in [2.24, 2.45) is 11.7 Å². The number of thioether (sulfide) groups is 1. The first-order valence-electron chi connectivity index (χ1n) is 9.07. The Morgan fingerprint density at radius 3 is 2.57 bits per heavy atom. The zero-order valence-corrected chi connectivity index (χ0v) is 17.4. The van der Waals surface area contributed by atoms with Crippen LogP contribution >= 0.6 is 23.4 Å². The zero-order chi connectivity index (χ0) is 20.3. The highest BCUT2D eigenvalue weighted by molar-refractivity contribution is 7.98. The summed E-state index contributed by atoms with van der Waals surface area (Å²) in [5.74, 6) is 0.654. The maximum absolute atomic E-state index is 13.0. The maximum atomic E-state index is 13.0. The minimum absolute atomic E-state index is 0.0473. The fourth-order valence-corrected chi connectivity index (χ4v) is 3.93. The van der Waals surface area contributed by atoms with Crippen LogP contribution in [0.2, 0.25) is 5.02 Å². The summed E-state index contributed by atoms with van der Waals surface area (Å²) in [6.45, 7) is 4.88. The molecule has 28 heavy (non-hydrogen) atoms. The van der Waals surface area contributed by atoms with Gasteiger partial charge in [-0.15, -0.1) is 0 Å². The number of aromatic nitrogens is 2. The highest BCUT2D eigenvalue weighted by atomic mass is 35.5. The number of carbonyl (C=O) groups excluding carboxylic acids is 1. The van der Waals surface area contributed by atoms with Gasteiger partial charge in [-0.25, -0.2) is 4.98 Å². The van der Waals surface area contributed by atoms with Gasteiger partial charge in [-0.1, -0.05) is 49.3 Å². The van der Waals surface area contributed by atoms with Gasteiger partial charge in [0.05, 0.1) is 10.9 Å². The van der Waals surface area contributed by atoms with E-state index >= 15 is 0 Å². The van der Waals surface area contributed by atoms with E-state index in [9.17, 15) is 9.59 Å². The number of primary amides is 1. The van der Waals surface area contributed by atoms with Gasteiger partial charge >= 0.3 is 0 Å². The SMILES string of the molecule is CC(C)CCn1c(SCc2ccc(C(N)=O)cc2)nc2cc(Cl)ccc2c1=O. The number of hydrogen-bond donors (Lipinski definition) is 1. The van der Waals surface area contributed by atoms with Crippen molar-refractivity contribution < 1.29 is 4.79 Å². The summed E-state index contributed by atoms with van der Waals surface area (Å²) in [6, 6.07) is 12.3. The summed E-state index contributed by atoms with van der Waals surface area (Å²) >= 11 is 7.58. The molecule has 0 saturated carbocycles. The van der Waals surface area contributed by atoms with Crippen molar-refractivity contribution in [1.29, 1.82) is 0 Å². The van der Waals surface area contributed by atoms with E-state index in [1.54, 1.807) is 34.9 Å². The number of rotatable bonds is 7. The molecular weight excluding hydrogens is 394 g/mol. The van der Waals surface area contributed by atoms with Gasteiger partial charge in [-0.05, 0) is 48.2 Å². The molecule has 0 bridgehead atoms. The monoisotopic (exact) mass is 415 g/mol. The van der Waals surface area contributed by atoms with Crippen LogP contribution in [0.1, 0.15) is 36.2 Å². The van der Waals surface area contributed by atoms with Crippen LogP contribution in [0.3, 0.4) is 0 Å². The van der Waals surface area contributed by atoms with Crippen molar-refractivity contribution in [3.63, 3.8) is 0 Å². The van der Waals surface area contributed by atoms with E-state index in [0.29, 0.717) is 44.9 Å². The molecule has 3 aromatic rings. The number of benzene rings is 2. The summed E-state index contributed by atoms with van der Waals surface area (Å²) in [5.41, 5.74) is 7.33. The smallest absolute Gasteiger partial charge is 0.262 e. The average Bonchev–Trinajstić information content (AvgIpc) is 2.65. The van der Waals surface area contributed by atoms with Crippen LogP contribution in [-0.4, -0.2) is 15.5 Å². The molecule has 1 heterocycles. The Bertz CT molecular complexity index is 1060. The summed E-state index contributed by atoms with van der Waals surface area (Å²) in [6.07, 6.45) is 0.890. The van der Waals surface area contributed by atoms with Gasteiger partial charge in [-0.3, -0.25) is 14.2 Å². The van der Waals surface area contributed by atoms with Crippen molar-refractivity contribution in [3.05, 3.63) is 69.0 Å². The second-order valence-electron chi connectivity index (χ2n) is 7.05. The van der Waals surface area contributed by atoms with Crippen molar-refractivity contribution in [2.75, 3.05) is 0 Å². The van der Waals surface area contributed by atoms with E-state index in [4.69, 9.17) is 22.3 Å². The first-order chi connectivity index (χ1) is 13.3. The van der Waals surface area contributed by atoms with Crippen molar-refractivity contribution in [1.82, 2.24) is 9.55 Å². The first-order valence-corrected chi connectivity index (χ1v) is 10.4. The third-order valence-corrected chi connectivity index (χ3v) is 5.70. The lowest BCUT2D eigenvalue weighted by Crippen LogP contribution is -2.24. The van der Waals surface area contributed by atoms with E-state index < -0.39 is 5.91 Å². The fraction of sp³-hybridized carbons (Fsp3) is 0.286. The molecule has 0 aliphatic carbocycles. The minimum Gasteiger partial charge on any atom is -0.366 e. The summed E-state index contributed by atoms with van der Waals surface area (Å²) in [5, 5.41) is 1.79. The number of nitrogens with zero attached hydrogens (tertiary/aromatic N) is 2. The number of hydrogen-bond acceptors (Lipinski definition) is 4. The fourth-order valence-electron chi connectivity index (χ4n) is 2.78. The maximum Gasteiger partial charge on any atom is 0.262 e. The first kappa shape index (κ1) is 20.4. The molecule has 2 N–H and O–H groups in total. The number of amides is 1. The van der Waals surface area contributed by atoms with Crippen LogP contribution in [-0.2, 0) is 12.3 Å². The Labute approximate surface area is 172 Å². The van der Waals surface area contributed by atoms with Gasteiger partial charge in [0.1, 0.15) is 0 Å². The molecule has 7 heteroatoms. The normalized spacial score (nSPS) is 11.3. The molecule has 0 fully saturated rings. The van der Waals surface area contributed by atoms with Gasteiger partial charge in [0.15, 0.2) is 5.16 Å². The van der Waals surface area contributed by atoms with E-state index in [-0.39, 0.29) is 5.56 Å². The van der Waals surface area contributed by atoms with Crippen LogP contribution < -0.4 is 11.3 Å². The van der Waals surface area contributed by atoms with E-state index in [0.717, 1.165) is 12.0 Å². The third kappa shape index (κ3) is 4.75. The van der Waals surface area contributed by atoms with Crippen LogP contribution in [0.15, 0.2) is 52.4 Å². The Balaban J connectivity index is 1.93. The van der Waals surface area contributed by atoms with Gasteiger partial charge in [0, 0.05) is 22.9 Å². The molecule has 0 aliphatic heterocycles. The Kier molecular flexibility index (Phi) is 6.42. The van der Waals surface area contributed by atoms with Crippen LogP contribution in [0.5, 0.6) is 0 Å². The number of halogens is 1. The summed E-state index contributed by atoms with van der Waals surface area (Å²) in [4.78, 5) is 28.9. The minimum atomic E-state index is -0.449. The molecular formula is C21H22ClN3O2S. The lowest BCUT2D eigenvalue weighted by molar-refractivity contribution is 0.100. The predicted octanol–water partition coefficient (Wildman–Crippen LogP) is 4.49. The van der Waals surface area contributed by atoms with Gasteiger partial charge in [0.2, 0.25) is 5.91 Å². The van der Waals surface area contributed by atoms with Crippen molar-refractivity contribution >= 4 is 40.2 Å². The summed E-state index contributed by atoms with van der Waals surface area (Å²) in [7, 11) is 0. The molecule has 0 unspecified atom stereocenters. The lowest BCUT2D eigenvalue weighted by Gasteiger charge is -2.14. The van der Waals surface area contributed by atoms with Crippen LogP contribution in [0, 0.1) is 5.92 Å². The molecule has 3 rings (SSSR count). The van der Waals surface area contributed by atoms with Gasteiger partial charge < -0.3 is 5.73 Å². The van der Waals surface area contributed by atoms with Crippen molar-refractivity contribution in [2.45, 2.75) is 37.7 Å². The van der Waals surface area contributed by atoms with Crippen molar-refractivity contribution in [3.8, 4) is 0 Å². The highest BCUT2D eigenvalue weighted by Gasteiger charge is 2.13. The number of nitrogens with two attached hydrogens (primary N) is 1. The standard InChI is InChI=1S/C21H22ClN3O2S/c1-13(2)9-10-25-20(27)17-8-7-16(22)11-18(17)24-21(25)28-12-14-3-5-15(6-4-14)19(23)26/h3-8,11,13H,9-10,12H2,1-2H3,(H2,23,26). The lowest BCUT2D eigenvalue weighted by atomic mass is 10.1. The molecule has 1 aromatic heterocycles. The Morgan fingerprint density at radius 1 is 1.21 bits per heavy atom. The quantitative estimate of drug-likeness (QED) is 0.455.